The molecule has 3 rings (SSSR count). The Kier molecular flexibility index (Phi) is 10.1. The zero-order valence-electron chi connectivity index (χ0n) is 21.4. The molecule has 0 saturated carbocycles. The van der Waals surface area contributed by atoms with Crippen LogP contribution in [0.15, 0.2) is 72.9 Å². The number of carbonyl (C=O) groups excluding carboxylic acids is 2. The van der Waals surface area contributed by atoms with Crippen LogP contribution in [-0.2, 0) is 15.7 Å². The third kappa shape index (κ3) is 9.25. The molecule has 0 bridgehead atoms. The molecule has 2 aromatic carbocycles. The van der Waals surface area contributed by atoms with Crippen LogP contribution < -0.4 is 5.32 Å². The van der Waals surface area contributed by atoms with Crippen LogP contribution in [0.2, 0.25) is 0 Å². The molecule has 0 aliphatic rings. The van der Waals surface area contributed by atoms with Gasteiger partial charge in [0.1, 0.15) is 0 Å². The highest BCUT2D eigenvalue weighted by molar-refractivity contribution is 5.94. The first-order chi connectivity index (χ1) is 18.9. The molecule has 1 N–H and O–H groups in total. The molecular weight excluding hydrogens is 538 g/mol. The fraction of sp³-hybridized carbons (Fsp3) is 0.276. The number of nitrogens with zero attached hydrogens (tertiary/aromatic N) is 1. The number of alkyl halides is 6. The van der Waals surface area contributed by atoms with Gasteiger partial charge >= 0.3 is 18.3 Å². The topological polar surface area (TPSA) is 68.3 Å². The zero-order valence-corrected chi connectivity index (χ0v) is 21.4. The number of ether oxygens (including phenoxy) is 1. The molecule has 0 radical (unpaired) electrons. The van der Waals surface area contributed by atoms with Crippen LogP contribution in [0.5, 0.6) is 0 Å². The quantitative estimate of drug-likeness (QED) is 0.209. The van der Waals surface area contributed by atoms with Crippen molar-refractivity contribution in [1.29, 1.82) is 0 Å². The van der Waals surface area contributed by atoms with Gasteiger partial charge in [-0.1, -0.05) is 42.5 Å². The van der Waals surface area contributed by atoms with E-state index in [2.05, 4.69) is 15.0 Å². The van der Waals surface area contributed by atoms with Gasteiger partial charge in [-0.3, -0.25) is 14.6 Å². The Morgan fingerprint density at radius 1 is 0.950 bits per heavy atom. The SMILES string of the molecule is COC(=O)CCNC(=O)c1ccc(C=CC(CCC(F)(F)F)c2ccc(-c3ccc(C(F)(F)F)cc3)nc2)cc1. The largest absolute Gasteiger partial charge is 0.469 e. The number of hydrogen-bond donors (Lipinski definition) is 1. The summed E-state index contributed by atoms with van der Waals surface area (Å²) in [5.41, 5.74) is 1.54. The van der Waals surface area contributed by atoms with Crippen molar-refractivity contribution in [3.8, 4) is 11.3 Å². The highest BCUT2D eigenvalue weighted by Gasteiger charge is 2.30. The Balaban J connectivity index is 1.72. The minimum absolute atomic E-state index is 0.0303. The van der Waals surface area contributed by atoms with Crippen LogP contribution in [0.25, 0.3) is 17.3 Å². The molecule has 5 nitrogen and oxygen atoms in total. The van der Waals surface area contributed by atoms with Gasteiger partial charge in [0, 0.05) is 36.2 Å². The third-order valence-electron chi connectivity index (χ3n) is 6.00. The number of aromatic nitrogens is 1. The van der Waals surface area contributed by atoms with E-state index in [0.717, 1.165) is 12.1 Å². The summed E-state index contributed by atoms with van der Waals surface area (Å²) in [6.45, 7) is 0.111. The second kappa shape index (κ2) is 13.3. The summed E-state index contributed by atoms with van der Waals surface area (Å²) in [4.78, 5) is 27.6. The number of benzene rings is 2. The summed E-state index contributed by atoms with van der Waals surface area (Å²) in [6, 6.07) is 14.0. The van der Waals surface area contributed by atoms with Gasteiger partial charge in [-0.15, -0.1) is 0 Å². The molecule has 3 aromatic rings. The number of esters is 1. The van der Waals surface area contributed by atoms with E-state index in [1.807, 2.05) is 0 Å². The second-order valence-electron chi connectivity index (χ2n) is 8.88. The summed E-state index contributed by atoms with van der Waals surface area (Å²) in [7, 11) is 1.25. The molecule has 0 spiro atoms. The van der Waals surface area contributed by atoms with Crippen LogP contribution in [0.1, 0.15) is 52.2 Å². The van der Waals surface area contributed by atoms with Crippen molar-refractivity contribution in [2.45, 2.75) is 37.5 Å². The molecular formula is C29H26F6N2O3. The average molecular weight is 565 g/mol. The van der Waals surface area contributed by atoms with Gasteiger partial charge in [-0.2, -0.15) is 26.3 Å². The molecule has 1 unspecified atom stereocenters. The number of amides is 1. The summed E-state index contributed by atoms with van der Waals surface area (Å²) in [5.74, 6) is -1.48. The van der Waals surface area contributed by atoms with Crippen LogP contribution in [0, 0.1) is 0 Å². The number of carbonyl (C=O) groups is 2. The fourth-order valence-electron chi connectivity index (χ4n) is 3.77. The Morgan fingerprint density at radius 2 is 1.62 bits per heavy atom. The van der Waals surface area contributed by atoms with E-state index in [-0.39, 0.29) is 25.3 Å². The lowest BCUT2D eigenvalue weighted by atomic mass is 9.93. The Hall–Kier alpha value is -4.15. The van der Waals surface area contributed by atoms with E-state index < -0.39 is 36.2 Å². The smallest absolute Gasteiger partial charge is 0.416 e. The second-order valence-corrected chi connectivity index (χ2v) is 8.88. The number of pyridine rings is 1. The minimum atomic E-state index is -4.47. The van der Waals surface area contributed by atoms with Crippen molar-refractivity contribution in [3.63, 3.8) is 0 Å². The molecule has 1 amide bonds. The molecule has 0 fully saturated rings. The molecule has 212 valence electrons. The van der Waals surface area contributed by atoms with E-state index >= 15 is 0 Å². The maximum absolute atomic E-state index is 13.0. The predicted molar refractivity (Wildman–Crippen MR) is 137 cm³/mol. The fourth-order valence-corrected chi connectivity index (χ4v) is 3.77. The molecule has 1 aromatic heterocycles. The molecule has 1 atom stereocenters. The number of hydrogen-bond acceptors (Lipinski definition) is 4. The van der Waals surface area contributed by atoms with Gasteiger partial charge in [0.15, 0.2) is 0 Å². The number of halogens is 6. The normalized spacial score (nSPS) is 12.8. The summed E-state index contributed by atoms with van der Waals surface area (Å²) >= 11 is 0. The highest BCUT2D eigenvalue weighted by atomic mass is 19.4. The summed E-state index contributed by atoms with van der Waals surface area (Å²) in [5, 5.41) is 2.59. The van der Waals surface area contributed by atoms with E-state index in [9.17, 15) is 35.9 Å². The van der Waals surface area contributed by atoms with E-state index in [1.54, 1.807) is 48.6 Å². The van der Waals surface area contributed by atoms with Crippen molar-refractivity contribution >= 4 is 18.0 Å². The Morgan fingerprint density at radius 3 is 2.17 bits per heavy atom. The van der Waals surface area contributed by atoms with E-state index in [0.29, 0.717) is 27.9 Å². The average Bonchev–Trinajstić information content (AvgIpc) is 2.92. The lowest BCUT2D eigenvalue weighted by molar-refractivity contribution is -0.140. The molecule has 0 saturated heterocycles. The molecule has 0 aliphatic carbocycles. The van der Waals surface area contributed by atoms with Gasteiger partial charge in [0.2, 0.25) is 0 Å². The van der Waals surface area contributed by atoms with E-state index in [4.69, 9.17) is 0 Å². The first kappa shape index (κ1) is 30.4. The van der Waals surface area contributed by atoms with Crippen molar-refractivity contribution in [2.75, 3.05) is 13.7 Å². The van der Waals surface area contributed by atoms with Gasteiger partial charge in [-0.25, -0.2) is 0 Å². The van der Waals surface area contributed by atoms with Crippen LogP contribution in [-0.4, -0.2) is 36.7 Å². The number of allylic oxidation sites excluding steroid dienone is 1. The maximum Gasteiger partial charge on any atom is 0.416 e. The standard InChI is InChI=1S/C29H26F6N2O3/c1-40-26(38)15-17-36-27(39)22-6-3-19(4-7-22)2-5-20(14-16-28(30,31)32)23-10-13-25(37-18-23)21-8-11-24(12-9-21)29(33,34)35/h2-13,18,20H,14-17H2,1H3,(H,36,39). The van der Waals surface area contributed by atoms with Gasteiger partial charge in [0.05, 0.1) is 24.8 Å². The lowest BCUT2D eigenvalue weighted by Crippen LogP contribution is -2.26. The third-order valence-corrected chi connectivity index (χ3v) is 6.00. The van der Waals surface area contributed by atoms with Crippen LogP contribution in [0.3, 0.4) is 0 Å². The number of nitrogens with one attached hydrogen (secondary N) is 1. The molecule has 40 heavy (non-hydrogen) atoms. The molecule has 11 heteroatoms. The summed E-state index contributed by atoms with van der Waals surface area (Å²) < 4.78 is 81.9. The number of rotatable bonds is 10. The predicted octanol–water partition coefficient (Wildman–Crippen LogP) is 7.20. The van der Waals surface area contributed by atoms with Crippen LogP contribution >= 0.6 is 0 Å². The maximum atomic E-state index is 13.0. The monoisotopic (exact) mass is 564 g/mol. The number of methoxy groups -OCH3 is 1. The van der Waals surface area contributed by atoms with Gasteiger partial charge in [0.25, 0.3) is 5.91 Å². The highest BCUT2D eigenvalue weighted by Crippen LogP contribution is 2.33. The first-order valence-corrected chi connectivity index (χ1v) is 12.2. The molecule has 1 heterocycles. The van der Waals surface area contributed by atoms with Crippen molar-refractivity contribution in [1.82, 2.24) is 10.3 Å². The minimum Gasteiger partial charge on any atom is -0.469 e. The Bertz CT molecular complexity index is 1300. The van der Waals surface area contributed by atoms with Gasteiger partial charge < -0.3 is 10.1 Å². The van der Waals surface area contributed by atoms with Crippen molar-refractivity contribution in [3.05, 3.63) is 95.2 Å². The zero-order chi connectivity index (χ0) is 29.3. The van der Waals surface area contributed by atoms with Crippen molar-refractivity contribution in [2.24, 2.45) is 0 Å². The van der Waals surface area contributed by atoms with Crippen molar-refractivity contribution < 1.29 is 40.7 Å². The first-order valence-electron chi connectivity index (χ1n) is 12.2. The van der Waals surface area contributed by atoms with E-state index in [1.165, 1.54) is 25.4 Å². The summed E-state index contributed by atoms with van der Waals surface area (Å²) in [6.07, 6.45) is -5.37. The lowest BCUT2D eigenvalue weighted by Gasteiger charge is -2.15. The Labute approximate surface area is 226 Å². The molecule has 0 aliphatic heterocycles. The van der Waals surface area contributed by atoms with Gasteiger partial charge in [-0.05, 0) is 47.9 Å². The van der Waals surface area contributed by atoms with Crippen LogP contribution in [0.4, 0.5) is 26.3 Å².